The number of piperidine rings is 2. The second-order valence-electron chi connectivity index (χ2n) is 16.1. The van der Waals surface area contributed by atoms with Crippen molar-refractivity contribution >= 4 is 46.1 Å². The highest BCUT2D eigenvalue weighted by Gasteiger charge is 2.64. The Kier molecular flexibility index (Phi) is 11.0. The van der Waals surface area contributed by atoms with Crippen LogP contribution in [0, 0.1) is 39.9 Å². The van der Waals surface area contributed by atoms with E-state index < -0.39 is 23.4 Å². The molecule has 4 amide bonds. The van der Waals surface area contributed by atoms with Crippen molar-refractivity contribution in [2.24, 2.45) is 16.7 Å². The second kappa shape index (κ2) is 15.9. The minimum absolute atomic E-state index is 0.0894. The van der Waals surface area contributed by atoms with Gasteiger partial charge in [-0.05, 0) is 73.9 Å². The molecule has 298 valence electrons. The molecule has 1 saturated carbocycles. The number of carbonyl (C=O) groups is 4. The first kappa shape index (κ1) is 40.0. The minimum atomic E-state index is -0.945. The van der Waals surface area contributed by atoms with Crippen LogP contribution in [-0.4, -0.2) is 75.4 Å². The van der Waals surface area contributed by atoms with Gasteiger partial charge in [-0.3, -0.25) is 29.3 Å². The number of carbonyl (C=O) groups excluding carboxylic acids is 4. The predicted molar refractivity (Wildman–Crippen MR) is 213 cm³/mol. The third kappa shape index (κ3) is 7.98. The number of nitrogens with zero attached hydrogens (tertiary/aromatic N) is 5. The molecule has 14 nitrogen and oxygen atoms in total. The maximum atomic E-state index is 13.4. The number of likely N-dealkylation sites (tertiary alicyclic amines) is 1. The van der Waals surface area contributed by atoms with Crippen molar-refractivity contribution in [3.8, 4) is 29.4 Å². The van der Waals surface area contributed by atoms with Crippen molar-refractivity contribution in [1.82, 2.24) is 30.5 Å². The van der Waals surface area contributed by atoms with Crippen molar-refractivity contribution < 1.29 is 28.7 Å². The van der Waals surface area contributed by atoms with Gasteiger partial charge in [-0.1, -0.05) is 56.4 Å². The summed E-state index contributed by atoms with van der Waals surface area (Å²) in [6, 6.07) is 17.8. The second-order valence-corrected chi connectivity index (χ2v) is 16.5. The lowest BCUT2D eigenvalue weighted by molar-refractivity contribution is -0.164. The van der Waals surface area contributed by atoms with Gasteiger partial charge in [0.1, 0.15) is 35.2 Å². The van der Waals surface area contributed by atoms with E-state index in [9.17, 15) is 29.2 Å². The summed E-state index contributed by atoms with van der Waals surface area (Å²) >= 11 is 6.23. The molecule has 2 aliphatic heterocycles. The van der Waals surface area contributed by atoms with Crippen LogP contribution in [0.25, 0.3) is 10.9 Å². The lowest BCUT2D eigenvalue weighted by Crippen LogP contribution is -2.74. The molecular weight excluding hydrogens is 762 g/mol. The fraction of sp³-hybridized carbons (Fsp3) is 0.395. The van der Waals surface area contributed by atoms with Crippen LogP contribution in [0.1, 0.15) is 80.9 Å². The summed E-state index contributed by atoms with van der Waals surface area (Å²) in [4.78, 5) is 65.2. The van der Waals surface area contributed by atoms with Crippen LogP contribution in [-0.2, 0) is 14.4 Å². The summed E-state index contributed by atoms with van der Waals surface area (Å²) in [7, 11) is 0. The van der Waals surface area contributed by atoms with E-state index in [2.05, 4.69) is 66.6 Å². The summed E-state index contributed by atoms with van der Waals surface area (Å²) in [5.74, 6) is 6.12. The largest absolute Gasteiger partial charge is 0.489 e. The van der Waals surface area contributed by atoms with E-state index >= 15 is 0 Å². The molecule has 0 radical (unpaired) electrons. The van der Waals surface area contributed by atoms with Gasteiger partial charge in [0.25, 0.3) is 23.3 Å². The summed E-state index contributed by atoms with van der Waals surface area (Å²) in [5.41, 5.74) is 0.674. The molecule has 1 aromatic heterocycles. The van der Waals surface area contributed by atoms with E-state index in [-0.39, 0.29) is 65.5 Å². The number of rotatable bonds is 8. The summed E-state index contributed by atoms with van der Waals surface area (Å²) in [5, 5.41) is 23.1. The fourth-order valence-electron chi connectivity index (χ4n) is 8.45. The third-order valence-corrected chi connectivity index (χ3v) is 11.7. The predicted octanol–water partition coefficient (Wildman–Crippen LogP) is 4.58. The molecule has 2 saturated heterocycles. The molecule has 3 aliphatic rings. The molecule has 0 spiro atoms. The van der Waals surface area contributed by atoms with E-state index in [1.165, 1.54) is 6.07 Å². The van der Waals surface area contributed by atoms with E-state index in [4.69, 9.17) is 21.1 Å². The Balaban J connectivity index is 0.884. The number of benzene rings is 3. The van der Waals surface area contributed by atoms with Gasteiger partial charge in [-0.25, -0.2) is 0 Å². The third-order valence-electron chi connectivity index (χ3n) is 11.4. The van der Waals surface area contributed by atoms with Gasteiger partial charge in [-0.2, -0.15) is 9.94 Å². The monoisotopic (exact) mass is 803 g/mol. The molecule has 3 heterocycles. The van der Waals surface area contributed by atoms with Gasteiger partial charge in [0.2, 0.25) is 5.91 Å². The number of halogens is 1. The molecule has 1 aliphatic carbocycles. The quantitative estimate of drug-likeness (QED) is 0.189. The molecule has 1 atom stereocenters. The number of amides is 4. The Labute approximate surface area is 339 Å². The zero-order valence-corrected chi connectivity index (χ0v) is 33.3. The average molecular weight is 804 g/mol. The highest BCUT2D eigenvalue weighted by Crippen LogP contribution is 2.55. The number of hydrogen-bond donors (Lipinski definition) is 2. The van der Waals surface area contributed by atoms with Crippen molar-refractivity contribution in [3.05, 3.63) is 92.7 Å². The highest BCUT2D eigenvalue weighted by molar-refractivity contribution is 6.31. The number of fused-ring (bicyclic) bond motifs is 1. The van der Waals surface area contributed by atoms with E-state index in [1.54, 1.807) is 47.4 Å². The van der Waals surface area contributed by atoms with Crippen LogP contribution in [0.15, 0.2) is 65.5 Å². The van der Waals surface area contributed by atoms with Crippen LogP contribution in [0.2, 0.25) is 5.02 Å². The van der Waals surface area contributed by atoms with Crippen molar-refractivity contribution in [3.63, 3.8) is 0 Å². The smallest absolute Gasteiger partial charge is 0.278 e. The Hall–Kier alpha value is -6.25. The summed E-state index contributed by atoms with van der Waals surface area (Å²) in [6.45, 7) is 9.05. The number of nitriles is 1. The molecule has 7 rings (SSSR count). The SMILES string of the molecule is CC1(C)[C@H](NC(=O)c2ccc(C#CC3CCN(C(=O)COc4ccc5nnn(C6CCC(=O)NC6=O)c(=O)c5c4)CC3)cc2)C(C)(C)[C@H]1Oc1ccc(C#N)c(Cl)c1. The van der Waals surface area contributed by atoms with Gasteiger partial charge in [0, 0.05) is 59.5 Å². The molecule has 4 aromatic rings. The molecule has 3 aromatic carbocycles. The maximum Gasteiger partial charge on any atom is 0.278 e. The Bertz CT molecular complexity index is 2460. The van der Waals surface area contributed by atoms with Crippen molar-refractivity contribution in [1.29, 1.82) is 5.26 Å². The van der Waals surface area contributed by atoms with Crippen LogP contribution in [0.4, 0.5) is 0 Å². The zero-order valence-electron chi connectivity index (χ0n) is 32.5. The standard InChI is InChI=1S/C43H42ClN7O7/c1-42(2)40(43(3,4)41(42)58-30-12-11-28(23-45)32(44)22-30)47-37(54)27-9-7-25(8-10-27)5-6-26-17-19-50(20-18-26)36(53)24-57-29-13-14-33-31(21-29)39(56)51(49-48-33)34-15-16-35(52)46-38(34)55/h7-14,21-22,26,34,40-41H,15-20,24H2,1-4H3,(H,47,54)(H,46,52,55)/t34?,40-,41-. The first-order chi connectivity index (χ1) is 27.6. The minimum Gasteiger partial charge on any atom is -0.489 e. The summed E-state index contributed by atoms with van der Waals surface area (Å²) < 4.78 is 13.1. The molecule has 1 unspecified atom stereocenters. The summed E-state index contributed by atoms with van der Waals surface area (Å²) in [6.07, 6.45) is 1.42. The van der Waals surface area contributed by atoms with E-state index in [1.807, 2.05) is 12.1 Å². The number of nitrogens with one attached hydrogen (secondary N) is 2. The number of ether oxygens (including phenoxy) is 2. The van der Waals surface area contributed by atoms with Gasteiger partial charge < -0.3 is 19.7 Å². The van der Waals surface area contributed by atoms with Crippen LogP contribution < -0.4 is 25.7 Å². The molecule has 3 fully saturated rings. The first-order valence-corrected chi connectivity index (χ1v) is 19.5. The molecular formula is C43H42ClN7O7. The van der Waals surface area contributed by atoms with E-state index in [0.29, 0.717) is 59.1 Å². The van der Waals surface area contributed by atoms with Crippen LogP contribution >= 0.6 is 11.6 Å². The molecule has 15 heteroatoms. The molecule has 58 heavy (non-hydrogen) atoms. The van der Waals surface area contributed by atoms with Gasteiger partial charge in [0.15, 0.2) is 6.61 Å². The van der Waals surface area contributed by atoms with E-state index in [0.717, 1.165) is 10.2 Å². The number of imide groups is 1. The Morgan fingerprint density at radius 2 is 1.67 bits per heavy atom. The lowest BCUT2D eigenvalue weighted by Gasteiger charge is -2.63. The zero-order chi connectivity index (χ0) is 41.4. The lowest BCUT2D eigenvalue weighted by atomic mass is 9.49. The van der Waals surface area contributed by atoms with Crippen LogP contribution in [0.5, 0.6) is 11.5 Å². The number of aromatic nitrogens is 3. The average Bonchev–Trinajstić information content (AvgIpc) is 3.21. The van der Waals surface area contributed by atoms with Gasteiger partial charge in [0.05, 0.1) is 16.0 Å². The van der Waals surface area contributed by atoms with Gasteiger partial charge >= 0.3 is 0 Å². The maximum absolute atomic E-state index is 13.4. The van der Waals surface area contributed by atoms with Crippen molar-refractivity contribution in [2.45, 2.75) is 71.6 Å². The Morgan fingerprint density at radius 3 is 2.34 bits per heavy atom. The Morgan fingerprint density at radius 1 is 0.966 bits per heavy atom. The van der Waals surface area contributed by atoms with Gasteiger partial charge in [-0.15, -0.1) is 5.10 Å². The number of hydrogen-bond acceptors (Lipinski definition) is 10. The molecule has 2 N–H and O–H groups in total. The normalized spacial score (nSPS) is 21.1. The highest BCUT2D eigenvalue weighted by atomic mass is 35.5. The first-order valence-electron chi connectivity index (χ1n) is 19.1. The molecule has 0 bridgehead atoms. The van der Waals surface area contributed by atoms with Crippen molar-refractivity contribution in [2.75, 3.05) is 19.7 Å². The topological polar surface area (TPSA) is 186 Å². The van der Waals surface area contributed by atoms with Crippen LogP contribution in [0.3, 0.4) is 0 Å². The fourth-order valence-corrected chi connectivity index (χ4v) is 8.67.